The van der Waals surface area contributed by atoms with Crippen molar-refractivity contribution < 1.29 is 9.84 Å². The van der Waals surface area contributed by atoms with Crippen molar-refractivity contribution in [3.63, 3.8) is 0 Å². The Hall–Kier alpha value is -5.29. The smallest absolute Gasteiger partial charge is 0.167 e. The minimum absolute atomic E-state index is 0.0676. The Labute approximate surface area is 258 Å². The van der Waals surface area contributed by atoms with Crippen molar-refractivity contribution in [1.29, 1.82) is 0 Å². The van der Waals surface area contributed by atoms with Gasteiger partial charge in [-0.3, -0.25) is 0 Å². The highest BCUT2D eigenvalue weighted by Gasteiger charge is 2.16. The zero-order chi connectivity index (χ0) is 30.1. The predicted octanol–water partition coefficient (Wildman–Crippen LogP) is 9.87. The summed E-state index contributed by atoms with van der Waals surface area (Å²) < 4.78 is 5.89. The predicted molar refractivity (Wildman–Crippen MR) is 178 cm³/mol. The highest BCUT2D eigenvalue weighted by molar-refractivity contribution is 5.73. The number of benzene rings is 5. The van der Waals surface area contributed by atoms with E-state index in [9.17, 15) is 5.11 Å². The van der Waals surface area contributed by atoms with Gasteiger partial charge in [0.25, 0.3) is 0 Å². The van der Waals surface area contributed by atoms with E-state index in [1.165, 1.54) is 12.8 Å². The van der Waals surface area contributed by atoms with Crippen LogP contribution in [-0.4, -0.2) is 26.7 Å². The van der Waals surface area contributed by atoms with Gasteiger partial charge in [0.05, 0.1) is 12.2 Å². The van der Waals surface area contributed by atoms with Crippen molar-refractivity contribution in [3.05, 3.63) is 127 Å². The van der Waals surface area contributed by atoms with E-state index in [2.05, 4.69) is 55.5 Å². The van der Waals surface area contributed by atoms with E-state index in [1.807, 2.05) is 72.8 Å². The zero-order valence-corrected chi connectivity index (χ0v) is 24.9. The summed E-state index contributed by atoms with van der Waals surface area (Å²) in [5, 5.41) is 11.1. The van der Waals surface area contributed by atoms with E-state index in [-0.39, 0.29) is 5.75 Å². The molecule has 0 radical (unpaired) electrons. The number of ether oxygens (including phenoxy) is 1. The molecule has 218 valence electrons. The number of aromatic hydroxyl groups is 1. The van der Waals surface area contributed by atoms with Crippen LogP contribution in [0.3, 0.4) is 0 Å². The van der Waals surface area contributed by atoms with Crippen molar-refractivity contribution in [2.75, 3.05) is 6.61 Å². The Bertz CT molecular complexity index is 1700. The van der Waals surface area contributed by atoms with Gasteiger partial charge in [-0.2, -0.15) is 0 Å². The quantitative estimate of drug-likeness (QED) is 0.155. The molecule has 1 aromatic heterocycles. The van der Waals surface area contributed by atoms with Crippen LogP contribution in [0.15, 0.2) is 127 Å². The molecule has 6 aromatic rings. The number of nitrogens with zero attached hydrogens (tertiary/aromatic N) is 3. The number of phenols is 1. The van der Waals surface area contributed by atoms with E-state index in [4.69, 9.17) is 19.7 Å². The second kappa shape index (κ2) is 13.8. The van der Waals surface area contributed by atoms with Gasteiger partial charge in [-0.1, -0.05) is 135 Å². The number of hydrogen-bond donors (Lipinski definition) is 1. The van der Waals surface area contributed by atoms with Crippen LogP contribution >= 0.6 is 0 Å². The SMILES string of the molecule is CCCCCCOc1ccc(-c2nc(-c3ccc(-c4ccccc4)cc3)nc(-c3ccc(-c4ccccc4)cc3)n2)c(O)c1. The van der Waals surface area contributed by atoms with Gasteiger partial charge in [0, 0.05) is 17.2 Å². The third-order valence-electron chi connectivity index (χ3n) is 7.61. The third-order valence-corrected chi connectivity index (χ3v) is 7.61. The topological polar surface area (TPSA) is 68.1 Å². The average Bonchev–Trinajstić information content (AvgIpc) is 3.09. The summed E-state index contributed by atoms with van der Waals surface area (Å²) in [6.45, 7) is 2.81. The van der Waals surface area contributed by atoms with Crippen LogP contribution in [0.25, 0.3) is 56.4 Å². The maximum absolute atomic E-state index is 11.1. The Kier molecular flexibility index (Phi) is 9.03. The van der Waals surface area contributed by atoms with Gasteiger partial charge >= 0.3 is 0 Å². The molecule has 6 rings (SSSR count). The molecule has 1 N–H and O–H groups in total. The van der Waals surface area contributed by atoms with Crippen molar-refractivity contribution >= 4 is 0 Å². The van der Waals surface area contributed by atoms with Gasteiger partial charge in [-0.25, -0.2) is 15.0 Å². The Morgan fingerprint density at radius 3 is 1.48 bits per heavy atom. The molecule has 0 aliphatic rings. The molecule has 0 unspecified atom stereocenters. The van der Waals surface area contributed by atoms with Crippen molar-refractivity contribution in [2.45, 2.75) is 32.6 Å². The molecule has 0 saturated heterocycles. The molecule has 0 bridgehead atoms. The Balaban J connectivity index is 1.35. The van der Waals surface area contributed by atoms with Gasteiger partial charge in [0.15, 0.2) is 17.5 Å². The van der Waals surface area contributed by atoms with Crippen LogP contribution in [0.2, 0.25) is 0 Å². The fourth-order valence-electron chi connectivity index (χ4n) is 5.15. The summed E-state index contributed by atoms with van der Waals surface area (Å²) in [5.41, 5.74) is 6.77. The monoisotopic (exact) mass is 577 g/mol. The van der Waals surface area contributed by atoms with Gasteiger partial charge < -0.3 is 9.84 Å². The first-order chi connectivity index (χ1) is 21.7. The average molecular weight is 578 g/mol. The summed E-state index contributed by atoms with van der Waals surface area (Å²) in [6.07, 6.45) is 4.50. The minimum atomic E-state index is 0.0676. The van der Waals surface area contributed by atoms with Crippen molar-refractivity contribution in [3.8, 4) is 67.9 Å². The molecule has 0 fully saturated rings. The zero-order valence-electron chi connectivity index (χ0n) is 24.9. The molecule has 5 nitrogen and oxygen atoms in total. The normalized spacial score (nSPS) is 10.9. The largest absolute Gasteiger partial charge is 0.507 e. The standard InChI is InChI=1S/C39H35N3O2/c1-2-3-4-11-26-44-34-24-25-35(36(43)27-34)39-41-37(32-20-16-30(17-21-32)28-12-7-5-8-13-28)40-38(42-39)33-22-18-31(19-23-33)29-14-9-6-10-15-29/h5-10,12-25,27,43H,2-4,11,26H2,1H3. The number of rotatable bonds is 11. The van der Waals surface area contributed by atoms with E-state index in [0.29, 0.717) is 35.4 Å². The summed E-state index contributed by atoms with van der Waals surface area (Å²) in [7, 11) is 0. The lowest BCUT2D eigenvalue weighted by Gasteiger charge is -2.12. The van der Waals surface area contributed by atoms with E-state index in [1.54, 1.807) is 6.07 Å². The molecule has 5 aromatic carbocycles. The van der Waals surface area contributed by atoms with Crippen LogP contribution in [0.1, 0.15) is 32.6 Å². The Morgan fingerprint density at radius 1 is 0.500 bits per heavy atom. The molecule has 44 heavy (non-hydrogen) atoms. The first-order valence-corrected chi connectivity index (χ1v) is 15.2. The maximum Gasteiger partial charge on any atom is 0.167 e. The lowest BCUT2D eigenvalue weighted by molar-refractivity contribution is 0.303. The molecule has 0 aliphatic carbocycles. The summed E-state index contributed by atoms with van der Waals surface area (Å²) >= 11 is 0. The number of unbranched alkanes of at least 4 members (excludes halogenated alkanes) is 3. The fraction of sp³-hybridized carbons (Fsp3) is 0.154. The van der Waals surface area contributed by atoms with Crippen molar-refractivity contribution in [1.82, 2.24) is 15.0 Å². The van der Waals surface area contributed by atoms with Crippen LogP contribution in [0.5, 0.6) is 11.5 Å². The fourth-order valence-corrected chi connectivity index (χ4v) is 5.15. The van der Waals surface area contributed by atoms with Gasteiger partial charge in [0.2, 0.25) is 0 Å². The molecule has 0 saturated carbocycles. The van der Waals surface area contributed by atoms with Crippen LogP contribution in [0, 0.1) is 0 Å². The third kappa shape index (κ3) is 6.84. The number of hydrogen-bond acceptors (Lipinski definition) is 5. The highest BCUT2D eigenvalue weighted by atomic mass is 16.5. The molecule has 0 aliphatic heterocycles. The van der Waals surface area contributed by atoms with E-state index in [0.717, 1.165) is 46.2 Å². The second-order valence-corrected chi connectivity index (χ2v) is 10.8. The molecule has 0 spiro atoms. The van der Waals surface area contributed by atoms with Gasteiger partial charge in [-0.05, 0) is 40.8 Å². The van der Waals surface area contributed by atoms with E-state index >= 15 is 0 Å². The molecule has 1 heterocycles. The minimum Gasteiger partial charge on any atom is -0.507 e. The van der Waals surface area contributed by atoms with Crippen molar-refractivity contribution in [2.24, 2.45) is 0 Å². The molecular formula is C39H35N3O2. The lowest BCUT2D eigenvalue weighted by atomic mass is 10.0. The highest BCUT2D eigenvalue weighted by Crippen LogP contribution is 2.33. The van der Waals surface area contributed by atoms with Crippen LogP contribution in [0.4, 0.5) is 0 Å². The summed E-state index contributed by atoms with van der Waals surface area (Å²) in [4.78, 5) is 14.5. The summed E-state index contributed by atoms with van der Waals surface area (Å²) in [5.74, 6) is 2.17. The molecule has 5 heteroatoms. The molecule has 0 atom stereocenters. The first kappa shape index (κ1) is 28.8. The van der Waals surface area contributed by atoms with Gasteiger partial charge in [0.1, 0.15) is 11.5 Å². The van der Waals surface area contributed by atoms with Crippen LogP contribution in [-0.2, 0) is 0 Å². The Morgan fingerprint density at radius 2 is 0.977 bits per heavy atom. The summed E-state index contributed by atoms with van der Waals surface area (Å²) in [6, 6.07) is 42.3. The first-order valence-electron chi connectivity index (χ1n) is 15.2. The second-order valence-electron chi connectivity index (χ2n) is 10.8. The number of aromatic nitrogens is 3. The molecule has 0 amide bonds. The van der Waals surface area contributed by atoms with Gasteiger partial charge in [-0.15, -0.1) is 0 Å². The lowest BCUT2D eigenvalue weighted by Crippen LogP contribution is -2.01. The number of phenolic OH excluding ortho intramolecular Hbond substituents is 1. The van der Waals surface area contributed by atoms with E-state index < -0.39 is 0 Å². The molecular weight excluding hydrogens is 542 g/mol. The maximum atomic E-state index is 11.1. The van der Waals surface area contributed by atoms with Crippen LogP contribution < -0.4 is 4.74 Å².